The van der Waals surface area contributed by atoms with Gasteiger partial charge in [-0.05, 0) is 129 Å². The van der Waals surface area contributed by atoms with Crippen LogP contribution in [0, 0.1) is 0 Å². The summed E-state index contributed by atoms with van der Waals surface area (Å²) in [5.41, 5.74) is 3.97. The maximum atomic E-state index is 13.8. The third-order valence-electron chi connectivity index (χ3n) is 11.1. The van der Waals surface area contributed by atoms with Gasteiger partial charge in [0.1, 0.15) is 11.5 Å². The number of phenolic OH excluding ortho intramolecular Hbond substituents is 2. The highest BCUT2D eigenvalue weighted by atomic mass is 16.3. The van der Waals surface area contributed by atoms with Crippen LogP contribution in [0.25, 0.3) is 43.1 Å². The molecule has 0 spiro atoms. The minimum Gasteiger partial charge on any atom is -0.508 e. The minimum absolute atomic E-state index is 0.265. The van der Waals surface area contributed by atoms with Crippen LogP contribution in [-0.4, -0.2) is 66.7 Å². The molecule has 0 atom stereocenters. The number of fused-ring (bicyclic) bond motifs is 2. The topological polar surface area (TPSA) is 141 Å². The van der Waals surface area contributed by atoms with Gasteiger partial charge in [0, 0.05) is 70.9 Å². The van der Waals surface area contributed by atoms with Crippen molar-refractivity contribution < 1.29 is 29.4 Å². The molecule has 10 heteroatoms. The molecule has 0 saturated carbocycles. The molecule has 2 aliphatic rings. The zero-order chi connectivity index (χ0) is 41.3. The van der Waals surface area contributed by atoms with Crippen LogP contribution in [0.5, 0.6) is 11.5 Å². The number of rotatable bonds is 6. The Labute approximate surface area is 343 Å². The zero-order valence-electron chi connectivity index (χ0n) is 32.2. The Bertz CT molecular complexity index is 2760. The number of aromatic nitrogens is 2. The summed E-state index contributed by atoms with van der Waals surface area (Å²) in [7, 11) is 0. The van der Waals surface area contributed by atoms with Crippen molar-refractivity contribution in [1.29, 1.82) is 0 Å². The summed E-state index contributed by atoms with van der Waals surface area (Å²) in [4.78, 5) is 65.9. The molecule has 0 aliphatic carbocycles. The molecule has 4 heterocycles. The van der Waals surface area contributed by atoms with E-state index < -0.39 is 0 Å². The smallest absolute Gasteiger partial charge is 0.261 e. The maximum absolute atomic E-state index is 13.8. The van der Waals surface area contributed by atoms with E-state index in [1.54, 1.807) is 97.6 Å². The molecule has 10 nitrogen and oxygen atoms in total. The Kier molecular flexibility index (Phi) is 9.87. The Morgan fingerprint density at radius 1 is 0.367 bits per heavy atom. The van der Waals surface area contributed by atoms with Crippen LogP contribution in [-0.2, 0) is 12.8 Å². The number of hydrogen-bond donors (Lipinski definition) is 2. The van der Waals surface area contributed by atoms with E-state index in [1.165, 1.54) is 9.80 Å². The second kappa shape index (κ2) is 15.8. The van der Waals surface area contributed by atoms with Gasteiger partial charge in [0.05, 0.1) is 0 Å². The first kappa shape index (κ1) is 37.6. The van der Waals surface area contributed by atoms with Crippen molar-refractivity contribution in [2.45, 2.75) is 12.8 Å². The fourth-order valence-corrected chi connectivity index (χ4v) is 8.21. The molecule has 4 amide bonds. The molecule has 0 saturated heterocycles. The second-order valence-electron chi connectivity index (χ2n) is 14.5. The van der Waals surface area contributed by atoms with E-state index in [1.807, 2.05) is 60.7 Å². The number of carbonyl (C=O) groups excluding carboxylic acids is 4. The molecule has 292 valence electrons. The van der Waals surface area contributed by atoms with E-state index in [9.17, 15) is 19.2 Å². The third-order valence-corrected chi connectivity index (χ3v) is 11.1. The van der Waals surface area contributed by atoms with Crippen molar-refractivity contribution in [2.75, 3.05) is 13.1 Å². The number of imide groups is 2. The predicted molar refractivity (Wildman–Crippen MR) is 230 cm³/mol. The molecule has 9 aromatic rings. The van der Waals surface area contributed by atoms with E-state index in [0.717, 1.165) is 43.4 Å². The molecule has 60 heavy (non-hydrogen) atoms. The summed E-state index contributed by atoms with van der Waals surface area (Å²) < 4.78 is 0. The molecule has 2 N–H and O–H groups in total. The molecule has 0 fully saturated rings. The van der Waals surface area contributed by atoms with Crippen LogP contribution in [0.2, 0.25) is 0 Å². The highest BCUT2D eigenvalue weighted by molar-refractivity contribution is 6.41. The number of nitrogens with zero attached hydrogens (tertiary/aromatic N) is 4. The Morgan fingerprint density at radius 2 is 0.667 bits per heavy atom. The largest absolute Gasteiger partial charge is 0.508 e. The number of para-hydroxylation sites is 2. The Balaban J connectivity index is 0.000000280. The standard InChI is InChI=1S/C38H24N4O4.2C6H6O/c43-35-27-5-1-23-24-2-6-29-34-30(38(46)42(37(29)45)20-14-22-11-17-40-18-12-22)8-4-26(32(24)34)25-3-7-28(33(27)31(23)25)36(44)41(35)19-13-21-9-15-39-16-10-21;2*7-6-4-2-1-3-5-6/h1-12,15-18H,13-14,19-20H2;2*1-5,7H. The van der Waals surface area contributed by atoms with Crippen molar-refractivity contribution >= 4 is 66.7 Å². The van der Waals surface area contributed by atoms with E-state index in [2.05, 4.69) is 9.97 Å². The van der Waals surface area contributed by atoms with E-state index in [4.69, 9.17) is 10.2 Å². The van der Waals surface area contributed by atoms with Gasteiger partial charge in [-0.1, -0.05) is 60.7 Å². The van der Waals surface area contributed by atoms with E-state index >= 15 is 0 Å². The van der Waals surface area contributed by atoms with Crippen LogP contribution >= 0.6 is 0 Å². The summed E-state index contributed by atoms with van der Waals surface area (Å²) in [6.45, 7) is 0.531. The maximum Gasteiger partial charge on any atom is 0.261 e. The number of benzene rings is 7. The van der Waals surface area contributed by atoms with Crippen LogP contribution < -0.4 is 0 Å². The van der Waals surface area contributed by atoms with Crippen LogP contribution in [0.1, 0.15) is 52.6 Å². The number of carbonyl (C=O) groups is 4. The molecular formula is C50H36N4O6. The molecule has 7 aromatic carbocycles. The zero-order valence-corrected chi connectivity index (χ0v) is 32.2. The molecule has 0 radical (unpaired) electrons. The molecule has 11 rings (SSSR count). The monoisotopic (exact) mass is 788 g/mol. The van der Waals surface area contributed by atoms with Gasteiger partial charge in [-0.25, -0.2) is 0 Å². The molecule has 0 unspecified atom stereocenters. The lowest BCUT2D eigenvalue weighted by molar-refractivity contribution is 0.0597. The van der Waals surface area contributed by atoms with Gasteiger partial charge in [0.25, 0.3) is 23.6 Å². The van der Waals surface area contributed by atoms with Crippen LogP contribution in [0.15, 0.2) is 158 Å². The molecular weight excluding hydrogens is 753 g/mol. The summed E-state index contributed by atoms with van der Waals surface area (Å²) in [5.74, 6) is -0.600. The number of aromatic hydroxyl groups is 2. The average Bonchev–Trinajstić information content (AvgIpc) is 3.28. The first-order chi connectivity index (χ1) is 29.3. The van der Waals surface area contributed by atoms with Crippen molar-refractivity contribution in [2.24, 2.45) is 0 Å². The minimum atomic E-state index is -0.311. The van der Waals surface area contributed by atoms with Crippen LogP contribution in [0.4, 0.5) is 0 Å². The van der Waals surface area contributed by atoms with Gasteiger partial charge in [-0.3, -0.25) is 38.9 Å². The third kappa shape index (κ3) is 6.69. The first-order valence-corrected chi connectivity index (χ1v) is 19.5. The quantitative estimate of drug-likeness (QED) is 0.0967. The summed E-state index contributed by atoms with van der Waals surface area (Å²) in [6.07, 6.45) is 7.87. The van der Waals surface area contributed by atoms with Crippen molar-refractivity contribution in [3.8, 4) is 11.5 Å². The van der Waals surface area contributed by atoms with Crippen molar-refractivity contribution in [1.82, 2.24) is 19.8 Å². The number of hydrogen-bond acceptors (Lipinski definition) is 8. The average molecular weight is 789 g/mol. The van der Waals surface area contributed by atoms with Gasteiger partial charge >= 0.3 is 0 Å². The SMILES string of the molecule is O=C1c2ccc3c4ccc5c6c(ccc(c7ccc(c2c37)C(=O)N1CCc1ccncc1)c64)C(=O)N(CCc1ccncc1)C5=O.Oc1ccccc1.Oc1ccccc1. The summed E-state index contributed by atoms with van der Waals surface area (Å²) in [5, 5.41) is 23.7. The highest BCUT2D eigenvalue weighted by Crippen LogP contribution is 2.46. The fourth-order valence-electron chi connectivity index (χ4n) is 8.21. The fraction of sp³-hybridized carbons (Fsp3) is 0.0800. The van der Waals surface area contributed by atoms with Gasteiger partial charge in [0.2, 0.25) is 0 Å². The van der Waals surface area contributed by atoms with Gasteiger partial charge < -0.3 is 10.2 Å². The summed E-state index contributed by atoms with van der Waals surface area (Å²) >= 11 is 0. The number of amides is 4. The second-order valence-corrected chi connectivity index (χ2v) is 14.5. The van der Waals surface area contributed by atoms with Gasteiger partial charge in [-0.2, -0.15) is 0 Å². The summed E-state index contributed by atoms with van der Waals surface area (Å²) in [6, 6.07) is 39.9. The molecule has 0 bridgehead atoms. The number of phenols is 2. The highest BCUT2D eigenvalue weighted by Gasteiger charge is 2.36. The Hall–Kier alpha value is -7.98. The predicted octanol–water partition coefficient (Wildman–Crippen LogP) is 8.99. The normalized spacial score (nSPS) is 13.1. The van der Waals surface area contributed by atoms with Gasteiger partial charge in [0.15, 0.2) is 0 Å². The Morgan fingerprint density at radius 3 is 0.933 bits per heavy atom. The van der Waals surface area contributed by atoms with Gasteiger partial charge in [-0.15, -0.1) is 0 Å². The van der Waals surface area contributed by atoms with E-state index in [0.29, 0.717) is 57.4 Å². The van der Waals surface area contributed by atoms with Crippen LogP contribution in [0.3, 0.4) is 0 Å². The lowest BCUT2D eigenvalue weighted by Gasteiger charge is -2.30. The lowest BCUT2D eigenvalue weighted by Crippen LogP contribution is -2.41. The lowest BCUT2D eigenvalue weighted by atomic mass is 9.82. The van der Waals surface area contributed by atoms with E-state index in [-0.39, 0.29) is 36.7 Å². The first-order valence-electron chi connectivity index (χ1n) is 19.5. The number of pyridine rings is 2. The van der Waals surface area contributed by atoms with Crippen molar-refractivity contribution in [3.05, 3.63) is 192 Å². The molecule has 2 aliphatic heterocycles. The molecule has 2 aromatic heterocycles. The van der Waals surface area contributed by atoms with Crippen molar-refractivity contribution in [3.63, 3.8) is 0 Å².